The van der Waals surface area contributed by atoms with Crippen LogP contribution in [0.2, 0.25) is 0 Å². The second kappa shape index (κ2) is 6.91. The van der Waals surface area contributed by atoms with Gasteiger partial charge >= 0.3 is 5.69 Å². The molecule has 1 aromatic carbocycles. The van der Waals surface area contributed by atoms with Crippen molar-refractivity contribution >= 4 is 5.91 Å². The predicted molar refractivity (Wildman–Crippen MR) is 102 cm³/mol. The van der Waals surface area contributed by atoms with Gasteiger partial charge in [0.25, 0.3) is 11.5 Å². The summed E-state index contributed by atoms with van der Waals surface area (Å²) in [6, 6.07) is 11.0. The number of amides is 1. The average Bonchev–Trinajstić information content (AvgIpc) is 3.00. The van der Waals surface area contributed by atoms with Crippen LogP contribution in [0.4, 0.5) is 0 Å². The molecule has 1 amide bonds. The number of rotatable bonds is 2. The molecule has 4 rings (SSSR count). The summed E-state index contributed by atoms with van der Waals surface area (Å²) in [6.45, 7) is 1.42. The average molecular weight is 380 g/mol. The third-order valence-corrected chi connectivity index (χ3v) is 5.09. The topological polar surface area (TPSA) is 95.0 Å². The van der Waals surface area contributed by atoms with E-state index in [1.807, 2.05) is 34.9 Å². The van der Waals surface area contributed by atoms with Crippen LogP contribution < -0.4 is 11.2 Å². The standard InChI is InChI=1S/C19H20N6O3/c1-22-14(12-16(26)23(2)19(22)28)18(27)24-9-8-15-20-21-17(25(15)11-10-24)13-6-4-3-5-7-13/h3-7,12H,8-11H2,1-2H3. The normalized spacial score (nSPS) is 13.9. The molecular formula is C19H20N6O3. The molecule has 0 saturated carbocycles. The maximum atomic E-state index is 13.0. The van der Waals surface area contributed by atoms with E-state index < -0.39 is 11.2 Å². The van der Waals surface area contributed by atoms with E-state index in [0.717, 1.165) is 21.8 Å². The lowest BCUT2D eigenvalue weighted by Crippen LogP contribution is -2.43. The maximum absolute atomic E-state index is 13.0. The first-order valence-electron chi connectivity index (χ1n) is 9.01. The van der Waals surface area contributed by atoms with Crippen LogP contribution in [0.25, 0.3) is 11.4 Å². The van der Waals surface area contributed by atoms with Crippen LogP contribution in [-0.2, 0) is 27.1 Å². The van der Waals surface area contributed by atoms with Gasteiger partial charge < -0.3 is 9.47 Å². The highest BCUT2D eigenvalue weighted by atomic mass is 16.2. The van der Waals surface area contributed by atoms with Crippen LogP contribution in [0.1, 0.15) is 16.3 Å². The van der Waals surface area contributed by atoms with Gasteiger partial charge in [0.15, 0.2) is 5.82 Å². The Kier molecular flexibility index (Phi) is 4.42. The Balaban J connectivity index is 1.62. The van der Waals surface area contributed by atoms with Gasteiger partial charge in [-0.25, -0.2) is 4.79 Å². The molecule has 0 N–H and O–H groups in total. The van der Waals surface area contributed by atoms with E-state index in [0.29, 0.717) is 26.1 Å². The van der Waals surface area contributed by atoms with Crippen molar-refractivity contribution in [2.24, 2.45) is 14.1 Å². The van der Waals surface area contributed by atoms with Gasteiger partial charge in [-0.05, 0) is 0 Å². The Morgan fingerprint density at radius 1 is 0.964 bits per heavy atom. The van der Waals surface area contributed by atoms with Crippen molar-refractivity contribution in [2.45, 2.75) is 13.0 Å². The Hall–Kier alpha value is -3.49. The molecule has 0 unspecified atom stereocenters. The third-order valence-electron chi connectivity index (χ3n) is 5.09. The second-order valence-electron chi connectivity index (χ2n) is 6.77. The van der Waals surface area contributed by atoms with Gasteiger partial charge in [0.1, 0.15) is 11.5 Å². The minimum Gasteiger partial charge on any atom is -0.335 e. The van der Waals surface area contributed by atoms with E-state index in [1.165, 1.54) is 24.7 Å². The highest BCUT2D eigenvalue weighted by Gasteiger charge is 2.25. The van der Waals surface area contributed by atoms with Crippen molar-refractivity contribution < 1.29 is 4.79 Å². The Morgan fingerprint density at radius 2 is 1.71 bits per heavy atom. The monoisotopic (exact) mass is 380 g/mol. The van der Waals surface area contributed by atoms with Crippen LogP contribution in [0.5, 0.6) is 0 Å². The molecule has 0 fully saturated rings. The Morgan fingerprint density at radius 3 is 2.46 bits per heavy atom. The molecule has 144 valence electrons. The molecular weight excluding hydrogens is 360 g/mol. The van der Waals surface area contributed by atoms with Gasteiger partial charge in [0.05, 0.1) is 0 Å². The van der Waals surface area contributed by atoms with E-state index in [9.17, 15) is 14.4 Å². The molecule has 1 aliphatic rings. The summed E-state index contributed by atoms with van der Waals surface area (Å²) in [7, 11) is 2.89. The zero-order valence-corrected chi connectivity index (χ0v) is 15.7. The number of hydrogen-bond donors (Lipinski definition) is 0. The van der Waals surface area contributed by atoms with Crippen LogP contribution in [0, 0.1) is 0 Å². The quantitative estimate of drug-likeness (QED) is 0.626. The van der Waals surface area contributed by atoms with Crippen LogP contribution in [0.15, 0.2) is 46.0 Å². The highest BCUT2D eigenvalue weighted by Crippen LogP contribution is 2.20. The van der Waals surface area contributed by atoms with Crippen LogP contribution in [-0.4, -0.2) is 47.8 Å². The zero-order chi connectivity index (χ0) is 19.8. The lowest BCUT2D eigenvalue weighted by molar-refractivity contribution is 0.0747. The molecule has 3 aromatic rings. The largest absolute Gasteiger partial charge is 0.335 e. The van der Waals surface area contributed by atoms with Crippen molar-refractivity contribution in [3.63, 3.8) is 0 Å². The van der Waals surface area contributed by atoms with E-state index in [4.69, 9.17) is 0 Å². The third kappa shape index (κ3) is 2.94. The van der Waals surface area contributed by atoms with Gasteiger partial charge in [-0.3, -0.25) is 18.7 Å². The fraction of sp³-hybridized carbons (Fsp3) is 0.316. The molecule has 0 saturated heterocycles. The SMILES string of the molecule is Cn1c(C(=O)N2CCc3nnc(-c4ccccc4)n3CC2)cc(=O)n(C)c1=O. The fourth-order valence-electron chi connectivity index (χ4n) is 3.43. The molecule has 0 atom stereocenters. The second-order valence-corrected chi connectivity index (χ2v) is 6.77. The number of aromatic nitrogens is 5. The number of benzene rings is 1. The smallest absolute Gasteiger partial charge is 0.331 e. The van der Waals surface area contributed by atoms with Gasteiger partial charge in [-0.2, -0.15) is 0 Å². The van der Waals surface area contributed by atoms with E-state index in [-0.39, 0.29) is 11.6 Å². The van der Waals surface area contributed by atoms with Gasteiger partial charge in [0, 0.05) is 51.8 Å². The summed E-state index contributed by atoms with van der Waals surface area (Å²) in [5.41, 5.74) is 0.0444. The molecule has 0 radical (unpaired) electrons. The summed E-state index contributed by atoms with van der Waals surface area (Å²) >= 11 is 0. The van der Waals surface area contributed by atoms with Crippen molar-refractivity contribution in [3.8, 4) is 11.4 Å². The Bertz CT molecular complexity index is 1160. The molecule has 0 spiro atoms. The highest BCUT2D eigenvalue weighted by molar-refractivity contribution is 5.92. The summed E-state index contributed by atoms with van der Waals surface area (Å²) in [6.07, 6.45) is 0.546. The van der Waals surface area contributed by atoms with Crippen molar-refractivity contribution in [1.82, 2.24) is 28.8 Å². The molecule has 28 heavy (non-hydrogen) atoms. The molecule has 9 heteroatoms. The molecule has 9 nitrogen and oxygen atoms in total. The van der Waals surface area contributed by atoms with Crippen molar-refractivity contribution in [2.75, 3.05) is 13.1 Å². The van der Waals surface area contributed by atoms with Gasteiger partial charge in [-0.1, -0.05) is 30.3 Å². The van der Waals surface area contributed by atoms with Gasteiger partial charge in [-0.15, -0.1) is 10.2 Å². The van der Waals surface area contributed by atoms with Crippen LogP contribution in [0.3, 0.4) is 0 Å². The summed E-state index contributed by atoms with van der Waals surface area (Å²) in [4.78, 5) is 38.7. The molecule has 2 aromatic heterocycles. The van der Waals surface area contributed by atoms with E-state index in [2.05, 4.69) is 10.2 Å². The summed E-state index contributed by atoms with van der Waals surface area (Å²) < 4.78 is 4.21. The first-order chi connectivity index (χ1) is 13.5. The lowest BCUT2D eigenvalue weighted by Gasteiger charge is -2.21. The predicted octanol–water partition coefficient (Wildman–Crippen LogP) is 0.0410. The van der Waals surface area contributed by atoms with Crippen molar-refractivity contribution in [3.05, 3.63) is 68.8 Å². The number of hydrogen-bond acceptors (Lipinski definition) is 5. The number of fused-ring (bicyclic) bond motifs is 1. The molecule has 0 aliphatic carbocycles. The fourth-order valence-corrected chi connectivity index (χ4v) is 3.43. The lowest BCUT2D eigenvalue weighted by atomic mass is 10.2. The summed E-state index contributed by atoms with van der Waals surface area (Å²) in [5, 5.41) is 8.59. The van der Waals surface area contributed by atoms with Crippen molar-refractivity contribution in [1.29, 1.82) is 0 Å². The van der Waals surface area contributed by atoms with E-state index in [1.54, 1.807) is 4.90 Å². The first-order valence-corrected chi connectivity index (χ1v) is 9.01. The maximum Gasteiger partial charge on any atom is 0.331 e. The van der Waals surface area contributed by atoms with E-state index >= 15 is 0 Å². The minimum atomic E-state index is -0.519. The van der Waals surface area contributed by atoms with Crippen LogP contribution >= 0.6 is 0 Å². The number of carbonyl (C=O) groups excluding carboxylic acids is 1. The molecule has 0 bridgehead atoms. The number of nitrogens with zero attached hydrogens (tertiary/aromatic N) is 6. The molecule has 1 aliphatic heterocycles. The minimum absolute atomic E-state index is 0.0917. The first kappa shape index (κ1) is 17.9. The van der Waals surface area contributed by atoms with Gasteiger partial charge in [0.2, 0.25) is 0 Å². The zero-order valence-electron chi connectivity index (χ0n) is 15.7. The summed E-state index contributed by atoms with van der Waals surface area (Å²) in [5.74, 6) is 1.25. The number of carbonyl (C=O) groups is 1. The molecule has 3 heterocycles. The Labute approximate surface area is 160 Å².